The molecule has 1 aromatic heterocycles. The zero-order valence-corrected chi connectivity index (χ0v) is 14.0. The second kappa shape index (κ2) is 7.75. The van der Waals surface area contributed by atoms with Gasteiger partial charge in [0.2, 0.25) is 5.91 Å². The number of hydrogen-bond donors (Lipinski definition) is 1. The van der Waals surface area contributed by atoms with E-state index in [4.69, 9.17) is 0 Å². The molecule has 0 radical (unpaired) electrons. The largest absolute Gasteiger partial charge is 0.350 e. The predicted octanol–water partition coefficient (Wildman–Crippen LogP) is 3.82. The molecule has 2 aromatic carbocycles. The SMILES string of the molecule is CC(NC(=O)CCc1cccc(F)c1)c1ccc(-n2ccnc2)cc1. The fourth-order valence-corrected chi connectivity index (χ4v) is 2.69. The Morgan fingerprint density at radius 2 is 2.04 bits per heavy atom. The number of amides is 1. The Hall–Kier alpha value is -2.95. The molecule has 1 N–H and O–H groups in total. The zero-order chi connectivity index (χ0) is 17.6. The molecule has 1 heterocycles. The third-order valence-electron chi connectivity index (χ3n) is 4.10. The first-order valence-corrected chi connectivity index (χ1v) is 8.24. The average molecular weight is 337 g/mol. The predicted molar refractivity (Wildman–Crippen MR) is 94.8 cm³/mol. The molecular formula is C20H20FN3O. The van der Waals surface area contributed by atoms with E-state index in [0.29, 0.717) is 12.8 Å². The smallest absolute Gasteiger partial charge is 0.220 e. The number of carbonyl (C=O) groups excluding carboxylic acids is 1. The zero-order valence-electron chi connectivity index (χ0n) is 14.0. The van der Waals surface area contributed by atoms with Gasteiger partial charge < -0.3 is 9.88 Å². The van der Waals surface area contributed by atoms with Crippen LogP contribution in [0.2, 0.25) is 0 Å². The highest BCUT2D eigenvalue weighted by Crippen LogP contribution is 2.16. The van der Waals surface area contributed by atoms with Gasteiger partial charge in [0, 0.05) is 24.5 Å². The van der Waals surface area contributed by atoms with Crippen LogP contribution in [-0.2, 0) is 11.2 Å². The lowest BCUT2D eigenvalue weighted by Gasteiger charge is -2.15. The molecule has 4 nitrogen and oxygen atoms in total. The first kappa shape index (κ1) is 16.9. The maximum atomic E-state index is 13.2. The van der Waals surface area contributed by atoms with Crippen LogP contribution in [0.1, 0.15) is 30.5 Å². The minimum Gasteiger partial charge on any atom is -0.350 e. The number of nitrogens with one attached hydrogen (secondary N) is 1. The van der Waals surface area contributed by atoms with Crippen molar-refractivity contribution in [3.8, 4) is 5.69 Å². The maximum absolute atomic E-state index is 13.2. The number of hydrogen-bond acceptors (Lipinski definition) is 2. The van der Waals surface area contributed by atoms with Crippen molar-refractivity contribution in [1.29, 1.82) is 0 Å². The van der Waals surface area contributed by atoms with E-state index in [-0.39, 0.29) is 17.8 Å². The normalized spacial score (nSPS) is 11.9. The number of benzene rings is 2. The molecule has 3 aromatic rings. The van der Waals surface area contributed by atoms with Crippen molar-refractivity contribution < 1.29 is 9.18 Å². The Kier molecular flexibility index (Phi) is 5.23. The minimum atomic E-state index is -0.274. The molecule has 0 saturated carbocycles. The third-order valence-corrected chi connectivity index (χ3v) is 4.10. The van der Waals surface area contributed by atoms with Gasteiger partial charge in [0.1, 0.15) is 5.82 Å². The molecule has 0 aliphatic rings. The van der Waals surface area contributed by atoms with Crippen molar-refractivity contribution in [1.82, 2.24) is 14.9 Å². The molecule has 0 aliphatic carbocycles. The van der Waals surface area contributed by atoms with E-state index >= 15 is 0 Å². The number of rotatable bonds is 6. The molecule has 1 amide bonds. The average Bonchev–Trinajstić information content (AvgIpc) is 3.15. The van der Waals surface area contributed by atoms with Crippen LogP contribution in [0.4, 0.5) is 4.39 Å². The van der Waals surface area contributed by atoms with Gasteiger partial charge in [-0.05, 0) is 48.7 Å². The van der Waals surface area contributed by atoms with Crippen LogP contribution in [0.5, 0.6) is 0 Å². The van der Waals surface area contributed by atoms with Crippen LogP contribution in [-0.4, -0.2) is 15.5 Å². The third kappa shape index (κ3) is 4.53. The summed E-state index contributed by atoms with van der Waals surface area (Å²) in [5.41, 5.74) is 2.88. The van der Waals surface area contributed by atoms with Crippen LogP contribution >= 0.6 is 0 Å². The van der Waals surface area contributed by atoms with Crippen molar-refractivity contribution in [2.24, 2.45) is 0 Å². The van der Waals surface area contributed by atoms with Crippen LogP contribution in [0.15, 0.2) is 67.3 Å². The molecule has 0 saturated heterocycles. The van der Waals surface area contributed by atoms with Crippen molar-refractivity contribution in [2.75, 3.05) is 0 Å². The van der Waals surface area contributed by atoms with Crippen LogP contribution in [0, 0.1) is 5.82 Å². The van der Waals surface area contributed by atoms with Gasteiger partial charge in [-0.25, -0.2) is 9.37 Å². The van der Waals surface area contributed by atoms with Crippen molar-refractivity contribution in [3.05, 3.63) is 84.2 Å². The van der Waals surface area contributed by atoms with Crippen molar-refractivity contribution in [2.45, 2.75) is 25.8 Å². The summed E-state index contributed by atoms with van der Waals surface area (Å²) in [5.74, 6) is -0.320. The molecule has 25 heavy (non-hydrogen) atoms. The second-order valence-electron chi connectivity index (χ2n) is 5.98. The molecule has 1 atom stereocenters. The second-order valence-corrected chi connectivity index (χ2v) is 5.98. The van der Waals surface area contributed by atoms with Crippen molar-refractivity contribution >= 4 is 5.91 Å². The highest BCUT2D eigenvalue weighted by molar-refractivity contribution is 5.76. The molecule has 1 unspecified atom stereocenters. The van der Waals surface area contributed by atoms with Gasteiger partial charge in [-0.1, -0.05) is 24.3 Å². The summed E-state index contributed by atoms with van der Waals surface area (Å²) in [6.45, 7) is 1.95. The van der Waals surface area contributed by atoms with Crippen LogP contribution in [0.3, 0.4) is 0 Å². The van der Waals surface area contributed by atoms with E-state index in [0.717, 1.165) is 16.8 Å². The minimum absolute atomic E-state index is 0.0459. The fraction of sp³-hybridized carbons (Fsp3) is 0.200. The van der Waals surface area contributed by atoms with Gasteiger partial charge in [0.15, 0.2) is 0 Å². The quantitative estimate of drug-likeness (QED) is 0.743. The molecule has 0 aliphatic heterocycles. The summed E-state index contributed by atoms with van der Waals surface area (Å²) >= 11 is 0. The van der Waals surface area contributed by atoms with E-state index < -0.39 is 0 Å². The Morgan fingerprint density at radius 3 is 2.72 bits per heavy atom. The monoisotopic (exact) mass is 337 g/mol. The number of aromatic nitrogens is 2. The molecule has 128 valence electrons. The topological polar surface area (TPSA) is 46.9 Å². The molecule has 0 fully saturated rings. The highest BCUT2D eigenvalue weighted by Gasteiger charge is 2.10. The first-order valence-electron chi connectivity index (χ1n) is 8.24. The Balaban J connectivity index is 1.54. The van der Waals surface area contributed by atoms with E-state index in [2.05, 4.69) is 10.3 Å². The van der Waals surface area contributed by atoms with Gasteiger partial charge in [-0.3, -0.25) is 4.79 Å². The van der Waals surface area contributed by atoms with E-state index in [1.165, 1.54) is 12.1 Å². The Labute approximate surface area is 146 Å². The van der Waals surface area contributed by atoms with Crippen LogP contribution in [0.25, 0.3) is 5.69 Å². The Bertz CT molecular complexity index is 828. The summed E-state index contributed by atoms with van der Waals surface area (Å²) in [6, 6.07) is 14.2. The van der Waals surface area contributed by atoms with Gasteiger partial charge in [-0.15, -0.1) is 0 Å². The lowest BCUT2D eigenvalue weighted by molar-refractivity contribution is -0.121. The standard InChI is InChI=1S/C20H20FN3O/c1-15(17-6-8-19(9-7-17)24-12-11-22-14-24)23-20(25)10-5-16-3-2-4-18(21)13-16/h2-4,6-9,11-15H,5,10H2,1H3,(H,23,25). The van der Waals surface area contributed by atoms with Gasteiger partial charge >= 0.3 is 0 Å². The Morgan fingerprint density at radius 1 is 1.24 bits per heavy atom. The maximum Gasteiger partial charge on any atom is 0.220 e. The number of halogens is 1. The lowest BCUT2D eigenvalue weighted by atomic mass is 10.1. The number of carbonyl (C=O) groups is 1. The summed E-state index contributed by atoms with van der Waals surface area (Å²) in [4.78, 5) is 16.2. The number of aryl methyl sites for hydroxylation is 1. The first-order chi connectivity index (χ1) is 12.1. The van der Waals surface area contributed by atoms with E-state index in [1.807, 2.05) is 48.0 Å². The summed E-state index contributed by atoms with van der Waals surface area (Å²) < 4.78 is 15.1. The fourth-order valence-electron chi connectivity index (χ4n) is 2.69. The summed E-state index contributed by atoms with van der Waals surface area (Å²) in [5, 5.41) is 2.98. The molecule has 0 bridgehead atoms. The van der Waals surface area contributed by atoms with E-state index in [9.17, 15) is 9.18 Å². The number of imidazole rings is 1. The summed E-state index contributed by atoms with van der Waals surface area (Å²) in [7, 11) is 0. The van der Waals surface area contributed by atoms with E-state index in [1.54, 1.807) is 18.6 Å². The van der Waals surface area contributed by atoms with Gasteiger partial charge in [0.25, 0.3) is 0 Å². The van der Waals surface area contributed by atoms with Gasteiger partial charge in [-0.2, -0.15) is 0 Å². The van der Waals surface area contributed by atoms with Gasteiger partial charge in [0.05, 0.1) is 12.4 Å². The van der Waals surface area contributed by atoms with Crippen LogP contribution < -0.4 is 5.32 Å². The number of nitrogens with zero attached hydrogens (tertiary/aromatic N) is 2. The molecule has 0 spiro atoms. The molecule has 3 rings (SSSR count). The molecular weight excluding hydrogens is 317 g/mol. The summed E-state index contributed by atoms with van der Waals surface area (Å²) in [6.07, 6.45) is 6.21. The lowest BCUT2D eigenvalue weighted by Crippen LogP contribution is -2.26. The molecule has 5 heteroatoms. The highest BCUT2D eigenvalue weighted by atomic mass is 19.1. The van der Waals surface area contributed by atoms with Crippen molar-refractivity contribution in [3.63, 3.8) is 0 Å².